The Balaban J connectivity index is 1.81. The number of thioether (sulfide) groups is 1. The quantitative estimate of drug-likeness (QED) is 0.760. The van der Waals surface area contributed by atoms with Gasteiger partial charge in [0, 0.05) is 12.2 Å². The molecular weight excluding hydrogens is 240 g/mol. The third kappa shape index (κ3) is 2.39. The number of ether oxygens (including phenoxy) is 1. The molecule has 0 saturated heterocycles. The van der Waals surface area contributed by atoms with Crippen molar-refractivity contribution in [3.8, 4) is 5.75 Å². The van der Waals surface area contributed by atoms with Crippen molar-refractivity contribution in [1.29, 1.82) is 0 Å². The van der Waals surface area contributed by atoms with E-state index >= 15 is 0 Å². The van der Waals surface area contributed by atoms with E-state index in [1.807, 2.05) is 11.8 Å². The first-order chi connectivity index (χ1) is 8.83. The smallest absolute Gasteiger partial charge is 0.136 e. The summed E-state index contributed by atoms with van der Waals surface area (Å²) in [6.07, 6.45) is 1.05. The van der Waals surface area contributed by atoms with Gasteiger partial charge in [0.05, 0.1) is 11.5 Å². The number of aryl methyl sites for hydroxylation is 1. The van der Waals surface area contributed by atoms with Crippen molar-refractivity contribution < 1.29 is 4.74 Å². The van der Waals surface area contributed by atoms with Crippen LogP contribution in [-0.4, -0.2) is 6.61 Å². The van der Waals surface area contributed by atoms with E-state index in [4.69, 9.17) is 4.74 Å². The van der Waals surface area contributed by atoms with Crippen LogP contribution >= 0.6 is 11.8 Å². The van der Waals surface area contributed by atoms with Crippen LogP contribution in [0.3, 0.4) is 0 Å². The van der Waals surface area contributed by atoms with Crippen LogP contribution < -0.4 is 4.74 Å². The predicted molar refractivity (Wildman–Crippen MR) is 76.4 cm³/mol. The molecule has 0 bridgehead atoms. The fourth-order valence-electron chi connectivity index (χ4n) is 2.27. The number of rotatable bonds is 3. The van der Waals surface area contributed by atoms with Crippen LogP contribution in [0.2, 0.25) is 0 Å². The van der Waals surface area contributed by atoms with Crippen LogP contribution in [0.4, 0.5) is 0 Å². The summed E-state index contributed by atoms with van der Waals surface area (Å²) in [6, 6.07) is 15.1. The Hall–Kier alpha value is -1.41. The number of fused-ring (bicyclic) bond motifs is 1. The van der Waals surface area contributed by atoms with Gasteiger partial charge in [0.15, 0.2) is 0 Å². The van der Waals surface area contributed by atoms with Crippen LogP contribution in [0.1, 0.15) is 16.7 Å². The molecule has 0 spiro atoms. The van der Waals surface area contributed by atoms with Crippen molar-refractivity contribution in [3.63, 3.8) is 0 Å². The first-order valence-corrected chi connectivity index (χ1v) is 7.24. The van der Waals surface area contributed by atoms with Gasteiger partial charge in [-0.15, -0.1) is 11.8 Å². The highest BCUT2D eigenvalue weighted by molar-refractivity contribution is 7.98. The van der Waals surface area contributed by atoms with Gasteiger partial charge in [0.2, 0.25) is 0 Å². The van der Waals surface area contributed by atoms with Crippen molar-refractivity contribution in [3.05, 3.63) is 59.2 Å². The molecule has 0 saturated carbocycles. The normalized spacial score (nSPS) is 13.2. The van der Waals surface area contributed by atoms with Crippen LogP contribution in [0.5, 0.6) is 5.75 Å². The molecule has 0 radical (unpaired) electrons. The summed E-state index contributed by atoms with van der Waals surface area (Å²) in [4.78, 5) is 1.28. The predicted octanol–water partition coefficient (Wildman–Crippen LogP) is 4.22. The van der Waals surface area contributed by atoms with Crippen LogP contribution in [0.25, 0.3) is 0 Å². The van der Waals surface area contributed by atoms with Crippen molar-refractivity contribution in [2.45, 2.75) is 24.0 Å². The fourth-order valence-corrected chi connectivity index (χ4v) is 3.37. The van der Waals surface area contributed by atoms with Gasteiger partial charge in [-0.1, -0.05) is 36.4 Å². The van der Waals surface area contributed by atoms with Crippen LogP contribution in [0, 0.1) is 6.92 Å². The standard InChI is InChI=1S/C16H16OS/c1-12-9-14-7-8-17-16(14)15(10-12)18-11-13-5-3-2-4-6-13/h2-6,9-10H,7-8,11H2,1H3. The summed E-state index contributed by atoms with van der Waals surface area (Å²) in [5, 5.41) is 0. The van der Waals surface area contributed by atoms with Gasteiger partial charge < -0.3 is 4.74 Å². The van der Waals surface area contributed by atoms with Gasteiger partial charge in [-0.2, -0.15) is 0 Å². The Morgan fingerprint density at radius 1 is 1.17 bits per heavy atom. The molecule has 0 aromatic heterocycles. The maximum Gasteiger partial charge on any atom is 0.136 e. The topological polar surface area (TPSA) is 9.23 Å². The number of hydrogen-bond acceptors (Lipinski definition) is 2. The Morgan fingerprint density at radius 3 is 2.83 bits per heavy atom. The lowest BCUT2D eigenvalue weighted by molar-refractivity contribution is 0.349. The van der Waals surface area contributed by atoms with E-state index in [2.05, 4.69) is 49.4 Å². The van der Waals surface area contributed by atoms with Crippen molar-refractivity contribution in [2.75, 3.05) is 6.61 Å². The Morgan fingerprint density at radius 2 is 2.00 bits per heavy atom. The molecule has 0 fully saturated rings. The second kappa shape index (κ2) is 5.07. The molecule has 3 rings (SSSR count). The van der Waals surface area contributed by atoms with Gasteiger partial charge in [-0.25, -0.2) is 0 Å². The molecule has 0 atom stereocenters. The summed E-state index contributed by atoms with van der Waals surface area (Å²) in [7, 11) is 0. The van der Waals surface area contributed by atoms with E-state index < -0.39 is 0 Å². The maximum atomic E-state index is 5.75. The molecule has 1 nitrogen and oxygen atoms in total. The van der Waals surface area contributed by atoms with Crippen molar-refractivity contribution >= 4 is 11.8 Å². The van der Waals surface area contributed by atoms with Gasteiger partial charge in [-0.05, 0) is 29.7 Å². The average Bonchev–Trinajstić information content (AvgIpc) is 2.85. The first-order valence-electron chi connectivity index (χ1n) is 6.26. The Bertz CT molecular complexity index is 549. The highest BCUT2D eigenvalue weighted by Crippen LogP contribution is 2.38. The van der Waals surface area contributed by atoms with Crippen molar-refractivity contribution in [1.82, 2.24) is 0 Å². The lowest BCUT2D eigenvalue weighted by Crippen LogP contribution is -1.88. The summed E-state index contributed by atoms with van der Waals surface area (Å²) < 4.78 is 5.75. The van der Waals surface area contributed by atoms with E-state index in [9.17, 15) is 0 Å². The van der Waals surface area contributed by atoms with E-state index in [0.717, 1.165) is 24.5 Å². The molecule has 2 heteroatoms. The third-order valence-corrected chi connectivity index (χ3v) is 4.22. The van der Waals surface area contributed by atoms with Gasteiger partial charge >= 0.3 is 0 Å². The van der Waals surface area contributed by atoms with Gasteiger partial charge in [0.1, 0.15) is 5.75 Å². The number of benzene rings is 2. The largest absolute Gasteiger partial charge is 0.492 e. The first kappa shape index (κ1) is 11.7. The second-order valence-electron chi connectivity index (χ2n) is 4.62. The molecule has 0 N–H and O–H groups in total. The molecular formula is C16H16OS. The SMILES string of the molecule is Cc1cc2c(c(SCc3ccccc3)c1)OCC2. The van der Waals surface area contributed by atoms with Gasteiger partial charge in [0.25, 0.3) is 0 Å². The molecule has 18 heavy (non-hydrogen) atoms. The van der Waals surface area contributed by atoms with E-state index in [-0.39, 0.29) is 0 Å². The maximum absolute atomic E-state index is 5.75. The summed E-state index contributed by atoms with van der Waals surface area (Å²) >= 11 is 1.87. The third-order valence-electron chi connectivity index (χ3n) is 3.13. The van der Waals surface area contributed by atoms with Crippen LogP contribution in [0.15, 0.2) is 47.4 Å². The van der Waals surface area contributed by atoms with Crippen molar-refractivity contribution in [2.24, 2.45) is 0 Å². The zero-order valence-corrected chi connectivity index (χ0v) is 11.3. The van der Waals surface area contributed by atoms with Gasteiger partial charge in [-0.3, -0.25) is 0 Å². The summed E-state index contributed by atoms with van der Waals surface area (Å²) in [6.45, 7) is 2.99. The second-order valence-corrected chi connectivity index (χ2v) is 5.64. The molecule has 2 aromatic rings. The number of hydrogen-bond donors (Lipinski definition) is 0. The molecule has 1 aliphatic heterocycles. The average molecular weight is 256 g/mol. The molecule has 0 aliphatic carbocycles. The molecule has 0 amide bonds. The zero-order chi connectivity index (χ0) is 12.4. The lowest BCUT2D eigenvalue weighted by atomic mass is 10.1. The highest BCUT2D eigenvalue weighted by Gasteiger charge is 2.17. The zero-order valence-electron chi connectivity index (χ0n) is 10.5. The van der Waals surface area contributed by atoms with E-state index in [1.54, 1.807) is 0 Å². The summed E-state index contributed by atoms with van der Waals surface area (Å²) in [5.41, 5.74) is 4.05. The minimum absolute atomic E-state index is 0.831. The monoisotopic (exact) mass is 256 g/mol. The molecule has 1 aliphatic rings. The minimum atomic E-state index is 0.831. The Kier molecular flexibility index (Phi) is 3.28. The highest BCUT2D eigenvalue weighted by atomic mass is 32.2. The van der Waals surface area contributed by atoms with E-state index in [1.165, 1.54) is 21.6 Å². The van der Waals surface area contributed by atoms with Crippen LogP contribution in [-0.2, 0) is 12.2 Å². The minimum Gasteiger partial charge on any atom is -0.492 e. The summed E-state index contributed by atoms with van der Waals surface area (Å²) in [5.74, 6) is 2.11. The van der Waals surface area contributed by atoms with E-state index in [0.29, 0.717) is 0 Å². The molecule has 0 unspecified atom stereocenters. The lowest BCUT2D eigenvalue weighted by Gasteiger charge is -2.09. The molecule has 92 valence electrons. The molecule has 1 heterocycles. The Labute approximate surface area is 112 Å². The fraction of sp³-hybridized carbons (Fsp3) is 0.250. The molecule has 2 aromatic carbocycles.